The van der Waals surface area contributed by atoms with Gasteiger partial charge in [0.1, 0.15) is 0 Å². The van der Waals surface area contributed by atoms with Crippen LogP contribution in [0.2, 0.25) is 0 Å². The Bertz CT molecular complexity index is 437. The van der Waals surface area contributed by atoms with Crippen LogP contribution in [-0.4, -0.2) is 37.9 Å². The molecule has 0 aliphatic rings. The Hall–Kier alpha value is -1.27. The quantitative estimate of drug-likeness (QED) is 0.749. The van der Waals surface area contributed by atoms with Crippen molar-refractivity contribution in [2.75, 3.05) is 26.9 Å². The fourth-order valence-corrected chi connectivity index (χ4v) is 2.07. The molecule has 1 aromatic carbocycles. The summed E-state index contributed by atoms with van der Waals surface area (Å²) in [5.41, 5.74) is 0.477. The number of aliphatic hydroxyl groups excluding tert-OH is 1. The van der Waals surface area contributed by atoms with Gasteiger partial charge in [0.15, 0.2) is 11.5 Å². The second-order valence-electron chi connectivity index (χ2n) is 3.76. The Balaban J connectivity index is 2.91. The van der Waals surface area contributed by atoms with Crippen LogP contribution < -0.4 is 14.8 Å². The number of hydrogen-bond acceptors (Lipinski definition) is 4. The maximum atomic E-state index is 11.9. The van der Waals surface area contributed by atoms with Crippen molar-refractivity contribution in [3.63, 3.8) is 0 Å². The maximum absolute atomic E-state index is 11.9. The molecule has 1 amide bonds. The zero-order valence-electron chi connectivity index (χ0n) is 11.0. The molecule has 0 radical (unpaired) electrons. The minimum Gasteiger partial charge on any atom is -0.493 e. The van der Waals surface area contributed by atoms with E-state index in [9.17, 15) is 4.79 Å². The molecule has 0 saturated carbocycles. The van der Waals surface area contributed by atoms with Crippen LogP contribution in [0.1, 0.15) is 23.7 Å². The minimum absolute atomic E-state index is 0.0522. The van der Waals surface area contributed by atoms with Gasteiger partial charge in [-0.15, -0.1) is 0 Å². The molecule has 0 bridgehead atoms. The maximum Gasteiger partial charge on any atom is 0.251 e. The van der Waals surface area contributed by atoms with Crippen LogP contribution in [0.4, 0.5) is 0 Å². The van der Waals surface area contributed by atoms with Gasteiger partial charge in [0.2, 0.25) is 0 Å². The normalized spacial score (nSPS) is 10.1. The Morgan fingerprint density at radius 3 is 2.79 bits per heavy atom. The number of ether oxygens (including phenoxy) is 2. The Morgan fingerprint density at radius 1 is 1.47 bits per heavy atom. The van der Waals surface area contributed by atoms with E-state index in [4.69, 9.17) is 14.6 Å². The van der Waals surface area contributed by atoms with Gasteiger partial charge < -0.3 is 19.9 Å². The van der Waals surface area contributed by atoms with Crippen molar-refractivity contribution in [2.45, 2.75) is 13.3 Å². The van der Waals surface area contributed by atoms with Crippen LogP contribution in [0, 0.1) is 0 Å². The summed E-state index contributed by atoms with van der Waals surface area (Å²) in [5, 5.41) is 11.4. The highest BCUT2D eigenvalue weighted by Crippen LogP contribution is 2.36. The van der Waals surface area contributed by atoms with Gasteiger partial charge in [-0.05, 0) is 41.4 Å². The number of carbonyl (C=O) groups is 1. The zero-order valence-corrected chi connectivity index (χ0v) is 12.6. The van der Waals surface area contributed by atoms with E-state index in [0.717, 1.165) is 0 Å². The summed E-state index contributed by atoms with van der Waals surface area (Å²) in [6, 6.07) is 3.31. The predicted octanol–water partition coefficient (Wildman–Crippen LogP) is 1.97. The van der Waals surface area contributed by atoms with E-state index in [2.05, 4.69) is 21.2 Å². The van der Waals surface area contributed by atoms with E-state index in [-0.39, 0.29) is 12.5 Å². The highest BCUT2D eigenvalue weighted by Gasteiger charge is 2.15. The molecule has 0 saturated heterocycles. The Labute approximate surface area is 121 Å². The van der Waals surface area contributed by atoms with Gasteiger partial charge in [-0.25, -0.2) is 0 Å². The molecule has 0 spiro atoms. The van der Waals surface area contributed by atoms with Crippen molar-refractivity contribution in [1.29, 1.82) is 0 Å². The average Bonchev–Trinajstić information content (AvgIpc) is 2.41. The van der Waals surface area contributed by atoms with Gasteiger partial charge in [-0.2, -0.15) is 0 Å². The van der Waals surface area contributed by atoms with Gasteiger partial charge in [0.05, 0.1) is 18.2 Å². The van der Waals surface area contributed by atoms with E-state index < -0.39 is 0 Å². The van der Waals surface area contributed by atoms with Gasteiger partial charge >= 0.3 is 0 Å². The van der Waals surface area contributed by atoms with Gasteiger partial charge in [0, 0.05) is 18.7 Å². The molecule has 106 valence electrons. The Morgan fingerprint density at radius 2 is 2.21 bits per heavy atom. The number of nitrogens with one attached hydrogen (secondary N) is 1. The molecule has 0 atom stereocenters. The third-order valence-corrected chi connectivity index (χ3v) is 2.99. The van der Waals surface area contributed by atoms with Gasteiger partial charge in [-0.3, -0.25) is 4.79 Å². The molecule has 0 fully saturated rings. The van der Waals surface area contributed by atoms with Crippen molar-refractivity contribution in [1.82, 2.24) is 5.32 Å². The first-order valence-electron chi connectivity index (χ1n) is 6.03. The highest BCUT2D eigenvalue weighted by molar-refractivity contribution is 9.10. The summed E-state index contributed by atoms with van der Waals surface area (Å²) >= 11 is 3.36. The topological polar surface area (TPSA) is 67.8 Å². The lowest BCUT2D eigenvalue weighted by molar-refractivity contribution is 0.0950. The van der Waals surface area contributed by atoms with Crippen LogP contribution in [0.25, 0.3) is 0 Å². The van der Waals surface area contributed by atoms with Crippen LogP contribution in [0.5, 0.6) is 11.5 Å². The number of halogens is 1. The molecule has 0 aliphatic heterocycles. The second kappa shape index (κ2) is 8.01. The molecular weight excluding hydrogens is 314 g/mol. The standard InChI is InChI=1S/C13H18BrNO4/c1-3-19-12-10(14)7-9(8-11(12)18-2)13(17)15-5-4-6-16/h7-8,16H,3-6H2,1-2H3,(H,15,17). The lowest BCUT2D eigenvalue weighted by Crippen LogP contribution is -2.25. The van der Waals surface area contributed by atoms with Gasteiger partial charge in [-0.1, -0.05) is 0 Å². The fraction of sp³-hybridized carbons (Fsp3) is 0.462. The van der Waals surface area contributed by atoms with E-state index in [1.165, 1.54) is 7.11 Å². The molecule has 1 aromatic rings. The number of amides is 1. The molecule has 6 heteroatoms. The van der Waals surface area contributed by atoms with Crippen molar-refractivity contribution < 1.29 is 19.4 Å². The van der Waals surface area contributed by atoms with E-state index >= 15 is 0 Å². The molecule has 5 nitrogen and oxygen atoms in total. The molecule has 2 N–H and O–H groups in total. The van der Waals surface area contributed by atoms with Gasteiger partial charge in [0.25, 0.3) is 5.91 Å². The lowest BCUT2D eigenvalue weighted by atomic mass is 10.2. The molecule has 0 aromatic heterocycles. The summed E-state index contributed by atoms with van der Waals surface area (Å²) in [6.45, 7) is 2.87. The third kappa shape index (κ3) is 4.40. The minimum atomic E-state index is -0.213. The number of rotatable bonds is 7. The number of carbonyl (C=O) groups excluding carboxylic acids is 1. The first-order chi connectivity index (χ1) is 9.13. The fourth-order valence-electron chi connectivity index (χ4n) is 1.52. The summed E-state index contributed by atoms with van der Waals surface area (Å²) in [6.07, 6.45) is 0.529. The third-order valence-electron chi connectivity index (χ3n) is 2.40. The zero-order chi connectivity index (χ0) is 14.3. The van der Waals surface area contributed by atoms with E-state index in [1.807, 2.05) is 6.92 Å². The second-order valence-corrected chi connectivity index (χ2v) is 4.61. The van der Waals surface area contributed by atoms with Crippen LogP contribution in [-0.2, 0) is 0 Å². The highest BCUT2D eigenvalue weighted by atomic mass is 79.9. The van der Waals surface area contributed by atoms with Crippen LogP contribution >= 0.6 is 15.9 Å². The summed E-state index contributed by atoms with van der Waals surface area (Å²) in [4.78, 5) is 11.9. The SMILES string of the molecule is CCOc1c(Br)cc(C(=O)NCCCO)cc1OC. The molecule has 19 heavy (non-hydrogen) atoms. The first-order valence-corrected chi connectivity index (χ1v) is 6.82. The van der Waals surface area contributed by atoms with Crippen molar-refractivity contribution in [3.8, 4) is 11.5 Å². The van der Waals surface area contributed by atoms with E-state index in [1.54, 1.807) is 12.1 Å². The lowest BCUT2D eigenvalue weighted by Gasteiger charge is -2.13. The Kier molecular flexibility index (Phi) is 6.66. The molecular formula is C13H18BrNO4. The van der Waals surface area contributed by atoms with Crippen molar-refractivity contribution in [3.05, 3.63) is 22.2 Å². The smallest absolute Gasteiger partial charge is 0.251 e. The summed E-state index contributed by atoms with van der Waals surface area (Å²) < 4.78 is 11.3. The molecule has 1 rings (SSSR count). The molecule has 0 aliphatic carbocycles. The van der Waals surface area contributed by atoms with Crippen LogP contribution in [0.15, 0.2) is 16.6 Å². The predicted molar refractivity (Wildman–Crippen MR) is 75.9 cm³/mol. The summed E-state index contributed by atoms with van der Waals surface area (Å²) in [5.74, 6) is 0.871. The molecule has 0 heterocycles. The van der Waals surface area contributed by atoms with E-state index in [0.29, 0.717) is 41.1 Å². The van der Waals surface area contributed by atoms with Crippen LogP contribution in [0.3, 0.4) is 0 Å². The number of methoxy groups -OCH3 is 1. The van der Waals surface area contributed by atoms with Crippen molar-refractivity contribution >= 4 is 21.8 Å². The average molecular weight is 332 g/mol. The van der Waals surface area contributed by atoms with Crippen molar-refractivity contribution in [2.24, 2.45) is 0 Å². The summed E-state index contributed by atoms with van der Waals surface area (Å²) in [7, 11) is 1.53. The number of hydrogen-bond donors (Lipinski definition) is 2. The first kappa shape index (κ1) is 15.8. The number of aliphatic hydroxyl groups is 1. The largest absolute Gasteiger partial charge is 0.493 e. The number of benzene rings is 1. The molecule has 0 unspecified atom stereocenters. The monoisotopic (exact) mass is 331 g/mol.